The summed E-state index contributed by atoms with van der Waals surface area (Å²) in [5.74, 6) is -0.125. The number of carbonyl (C=O) groups is 1. The van der Waals surface area contributed by atoms with Gasteiger partial charge in [0.1, 0.15) is 0 Å². The minimum atomic E-state index is -0.468. The number of nitrogens with zero attached hydrogens (tertiary/aromatic N) is 1. The van der Waals surface area contributed by atoms with Crippen LogP contribution in [0.15, 0.2) is 39.5 Å². The average molecular weight is 341 g/mol. The molecule has 1 aliphatic heterocycles. The monoisotopic (exact) mass is 341 g/mol. The largest absolute Gasteiger partial charge is 0.417 e. The molecule has 1 saturated heterocycles. The third kappa shape index (κ3) is 2.97. The summed E-state index contributed by atoms with van der Waals surface area (Å²) in [6.45, 7) is 5.09. The maximum absolute atomic E-state index is 13.1. The molecule has 2 aromatic rings. The second-order valence-electron chi connectivity index (χ2n) is 7.90. The van der Waals surface area contributed by atoms with Crippen LogP contribution in [0.1, 0.15) is 50.1 Å². The van der Waals surface area contributed by atoms with Crippen LogP contribution >= 0.6 is 0 Å². The lowest BCUT2D eigenvalue weighted by Crippen LogP contribution is -2.60. The van der Waals surface area contributed by atoms with Crippen LogP contribution in [-0.2, 0) is 4.74 Å². The number of benzene rings is 1. The highest BCUT2D eigenvalue weighted by Crippen LogP contribution is 2.41. The summed E-state index contributed by atoms with van der Waals surface area (Å²) >= 11 is 0. The van der Waals surface area contributed by atoms with Crippen LogP contribution in [-0.4, -0.2) is 35.1 Å². The van der Waals surface area contributed by atoms with E-state index >= 15 is 0 Å². The highest BCUT2D eigenvalue weighted by atomic mass is 16.5. The maximum Gasteiger partial charge on any atom is 0.344 e. The molecule has 0 atom stereocenters. The lowest BCUT2D eigenvalue weighted by molar-refractivity contribution is -0.185. The smallest absolute Gasteiger partial charge is 0.344 e. The second-order valence-corrected chi connectivity index (χ2v) is 7.90. The highest BCUT2D eigenvalue weighted by Gasteiger charge is 2.47. The molecule has 1 saturated carbocycles. The van der Waals surface area contributed by atoms with Crippen molar-refractivity contribution >= 4 is 16.7 Å². The van der Waals surface area contributed by atoms with E-state index < -0.39 is 11.2 Å². The Balaban J connectivity index is 1.69. The molecule has 1 aliphatic carbocycles. The number of hydrogen-bond donors (Lipinski definition) is 0. The number of rotatable bonds is 1. The lowest BCUT2D eigenvalue weighted by Gasteiger charge is -2.48. The summed E-state index contributed by atoms with van der Waals surface area (Å²) in [5, 5.41) is 1.22. The Hall–Kier alpha value is -2.14. The van der Waals surface area contributed by atoms with Crippen molar-refractivity contribution in [3.05, 3.63) is 46.5 Å². The average Bonchev–Trinajstić information content (AvgIpc) is 2.99. The first-order valence-electron chi connectivity index (χ1n) is 8.90. The Morgan fingerprint density at radius 2 is 1.84 bits per heavy atom. The van der Waals surface area contributed by atoms with E-state index in [0.717, 1.165) is 31.1 Å². The zero-order chi connectivity index (χ0) is 17.7. The van der Waals surface area contributed by atoms with Crippen molar-refractivity contribution in [2.24, 2.45) is 0 Å². The Labute approximate surface area is 146 Å². The van der Waals surface area contributed by atoms with Crippen molar-refractivity contribution in [3.8, 4) is 0 Å². The van der Waals surface area contributed by atoms with E-state index in [-0.39, 0.29) is 17.3 Å². The molecule has 0 bridgehead atoms. The van der Waals surface area contributed by atoms with Crippen molar-refractivity contribution in [1.82, 2.24) is 4.90 Å². The summed E-state index contributed by atoms with van der Waals surface area (Å²) in [4.78, 5) is 27.1. The first-order chi connectivity index (χ1) is 11.9. The van der Waals surface area contributed by atoms with Crippen LogP contribution in [0.3, 0.4) is 0 Å². The van der Waals surface area contributed by atoms with E-state index in [0.29, 0.717) is 18.5 Å². The minimum absolute atomic E-state index is 0.106. The number of amides is 1. The van der Waals surface area contributed by atoms with Crippen molar-refractivity contribution in [2.75, 3.05) is 13.1 Å². The molecule has 132 valence electrons. The molecule has 0 radical (unpaired) electrons. The van der Waals surface area contributed by atoms with Crippen LogP contribution in [0.25, 0.3) is 10.8 Å². The van der Waals surface area contributed by atoms with Gasteiger partial charge < -0.3 is 14.1 Å². The summed E-state index contributed by atoms with van der Waals surface area (Å²) in [7, 11) is 0. The predicted molar refractivity (Wildman–Crippen MR) is 94.8 cm³/mol. The molecule has 1 aromatic carbocycles. The Kier molecular flexibility index (Phi) is 3.72. The van der Waals surface area contributed by atoms with Gasteiger partial charge in [0.2, 0.25) is 0 Å². The number of fused-ring (bicyclic) bond motifs is 1. The molecule has 4 rings (SSSR count). The van der Waals surface area contributed by atoms with E-state index in [9.17, 15) is 9.59 Å². The number of carbonyl (C=O) groups excluding carboxylic acids is 1. The van der Waals surface area contributed by atoms with Gasteiger partial charge in [-0.15, -0.1) is 0 Å². The fourth-order valence-corrected chi connectivity index (χ4v) is 4.33. The standard InChI is InChI=1S/C20H23NO4/c1-19(2)12-21(13-20(25-19)9-5-6-10-20)17(22)16-11-14-7-3-4-8-15(14)18(23)24-16/h3-4,7-8,11H,5-6,9-10,12-13H2,1-2H3. The topological polar surface area (TPSA) is 59.8 Å². The predicted octanol–water partition coefficient (Wildman–Crippen LogP) is 3.36. The Bertz CT molecular complexity index is 877. The van der Waals surface area contributed by atoms with Gasteiger partial charge in [0, 0.05) is 6.54 Å². The van der Waals surface area contributed by atoms with Crippen LogP contribution in [0, 0.1) is 0 Å². The maximum atomic E-state index is 13.1. The molecule has 2 heterocycles. The molecule has 1 spiro atoms. The van der Waals surface area contributed by atoms with E-state index in [4.69, 9.17) is 9.15 Å². The summed E-state index contributed by atoms with van der Waals surface area (Å²) in [6.07, 6.45) is 4.20. The van der Waals surface area contributed by atoms with Gasteiger partial charge in [-0.2, -0.15) is 0 Å². The quantitative estimate of drug-likeness (QED) is 0.798. The zero-order valence-corrected chi connectivity index (χ0v) is 14.7. The van der Waals surface area contributed by atoms with Crippen LogP contribution in [0.5, 0.6) is 0 Å². The van der Waals surface area contributed by atoms with Crippen LogP contribution in [0.2, 0.25) is 0 Å². The molecule has 0 unspecified atom stereocenters. The van der Waals surface area contributed by atoms with E-state index in [1.807, 2.05) is 26.0 Å². The van der Waals surface area contributed by atoms with E-state index in [1.54, 1.807) is 23.1 Å². The molecule has 5 heteroatoms. The van der Waals surface area contributed by atoms with Gasteiger partial charge in [-0.3, -0.25) is 4.79 Å². The van der Waals surface area contributed by atoms with Gasteiger partial charge >= 0.3 is 5.63 Å². The SMILES string of the molecule is CC1(C)CN(C(=O)c2cc3ccccc3c(=O)o2)CC2(CCCC2)O1. The Morgan fingerprint density at radius 3 is 2.60 bits per heavy atom. The van der Waals surface area contributed by atoms with Crippen LogP contribution in [0.4, 0.5) is 0 Å². The van der Waals surface area contributed by atoms with Crippen molar-refractivity contribution in [3.63, 3.8) is 0 Å². The van der Waals surface area contributed by atoms with Crippen LogP contribution < -0.4 is 5.63 Å². The zero-order valence-electron chi connectivity index (χ0n) is 14.7. The summed E-state index contributed by atoms with van der Waals surface area (Å²) in [6, 6.07) is 8.84. The van der Waals surface area contributed by atoms with Gasteiger partial charge in [-0.25, -0.2) is 4.79 Å². The van der Waals surface area contributed by atoms with Gasteiger partial charge in [0.25, 0.3) is 5.91 Å². The summed E-state index contributed by atoms with van der Waals surface area (Å²) < 4.78 is 11.7. The van der Waals surface area contributed by atoms with E-state index in [2.05, 4.69) is 0 Å². The first kappa shape index (κ1) is 16.3. The molecule has 2 fully saturated rings. The number of morpholine rings is 1. The first-order valence-corrected chi connectivity index (χ1v) is 8.90. The Morgan fingerprint density at radius 1 is 1.12 bits per heavy atom. The third-order valence-electron chi connectivity index (χ3n) is 5.23. The molecule has 1 amide bonds. The number of hydrogen-bond acceptors (Lipinski definition) is 4. The molecule has 2 aliphatic rings. The van der Waals surface area contributed by atoms with Gasteiger partial charge in [0.05, 0.1) is 23.1 Å². The molecule has 5 nitrogen and oxygen atoms in total. The van der Waals surface area contributed by atoms with E-state index in [1.165, 1.54) is 0 Å². The van der Waals surface area contributed by atoms with Crippen molar-refractivity contribution < 1.29 is 13.9 Å². The molecule has 1 aromatic heterocycles. The minimum Gasteiger partial charge on any atom is -0.417 e. The number of ether oxygens (including phenoxy) is 1. The summed E-state index contributed by atoms with van der Waals surface area (Å²) in [5.41, 5.74) is -1.13. The van der Waals surface area contributed by atoms with Gasteiger partial charge in [-0.1, -0.05) is 31.0 Å². The fourth-order valence-electron chi connectivity index (χ4n) is 4.33. The van der Waals surface area contributed by atoms with Gasteiger partial charge in [0.15, 0.2) is 5.76 Å². The third-order valence-corrected chi connectivity index (χ3v) is 5.23. The van der Waals surface area contributed by atoms with Crippen molar-refractivity contribution in [2.45, 2.75) is 50.7 Å². The highest BCUT2D eigenvalue weighted by molar-refractivity contribution is 5.95. The molecular weight excluding hydrogens is 318 g/mol. The molecular formula is C20H23NO4. The molecule has 0 N–H and O–H groups in total. The normalized spacial score (nSPS) is 21.8. The fraction of sp³-hybridized carbons (Fsp3) is 0.500. The lowest BCUT2D eigenvalue weighted by atomic mass is 9.94. The second kappa shape index (κ2) is 5.70. The van der Waals surface area contributed by atoms with Crippen molar-refractivity contribution in [1.29, 1.82) is 0 Å². The van der Waals surface area contributed by atoms with Gasteiger partial charge in [-0.05, 0) is 44.2 Å². The molecule has 25 heavy (non-hydrogen) atoms.